The maximum Gasteiger partial charge on any atom is 0.330 e. The number of para-hydroxylation sites is 2. The zero-order valence-corrected chi connectivity index (χ0v) is 15.9. The molecule has 0 aliphatic carbocycles. The lowest BCUT2D eigenvalue weighted by Crippen LogP contribution is -2.43. The number of aromatic nitrogens is 1. The van der Waals surface area contributed by atoms with Crippen molar-refractivity contribution in [3.8, 4) is 0 Å². The quantitative estimate of drug-likeness (QED) is 0.382. The summed E-state index contributed by atoms with van der Waals surface area (Å²) >= 11 is 6.78. The van der Waals surface area contributed by atoms with Crippen LogP contribution in [0.4, 0.5) is 5.69 Å². The summed E-state index contributed by atoms with van der Waals surface area (Å²) in [6.07, 6.45) is 0. The minimum Gasteiger partial charge on any atom is -0.442 e. The largest absolute Gasteiger partial charge is 0.442 e. The van der Waals surface area contributed by atoms with Crippen LogP contribution in [0.2, 0.25) is 0 Å². The number of ether oxygens (including phenoxy) is 1. The number of hydrogen-bond donors (Lipinski definition) is 0. The third-order valence-corrected chi connectivity index (χ3v) is 5.89. The Bertz CT molecular complexity index is 1150. The molecule has 0 bridgehead atoms. The smallest absolute Gasteiger partial charge is 0.330 e. The summed E-state index contributed by atoms with van der Waals surface area (Å²) in [5.41, 5.74) is 1.61. The SMILES string of the molecule is CC(C(=O)OCn1c(=S)sc2ccccc21)N1C(=O)C(=O)c2ccccc21. The fourth-order valence-electron chi connectivity index (χ4n) is 3.08. The first kappa shape index (κ1) is 17.6. The van der Waals surface area contributed by atoms with Gasteiger partial charge in [-0.05, 0) is 43.4 Å². The van der Waals surface area contributed by atoms with E-state index in [0.29, 0.717) is 15.2 Å². The molecule has 1 aromatic heterocycles. The molecule has 27 heavy (non-hydrogen) atoms. The normalized spacial score (nSPS) is 14.5. The predicted octanol–water partition coefficient (Wildman–Crippen LogP) is 3.55. The molecule has 2 aromatic carbocycles. The maximum atomic E-state index is 12.6. The van der Waals surface area contributed by atoms with E-state index in [1.54, 1.807) is 35.8 Å². The fraction of sp³-hybridized carbons (Fsp3) is 0.158. The van der Waals surface area contributed by atoms with Gasteiger partial charge in [-0.1, -0.05) is 24.3 Å². The number of ketones is 1. The second-order valence-electron chi connectivity index (χ2n) is 6.05. The number of anilines is 1. The molecule has 4 rings (SSSR count). The van der Waals surface area contributed by atoms with Crippen LogP contribution in [-0.4, -0.2) is 28.3 Å². The molecular formula is C19H14N2O4S2. The van der Waals surface area contributed by atoms with Crippen LogP contribution in [0.3, 0.4) is 0 Å². The van der Waals surface area contributed by atoms with Gasteiger partial charge in [-0.15, -0.1) is 11.3 Å². The minimum absolute atomic E-state index is 0.0519. The van der Waals surface area contributed by atoms with Crippen LogP contribution in [0, 0.1) is 3.95 Å². The van der Waals surface area contributed by atoms with E-state index in [-0.39, 0.29) is 6.73 Å². The van der Waals surface area contributed by atoms with Crippen LogP contribution in [0.1, 0.15) is 17.3 Å². The van der Waals surface area contributed by atoms with E-state index in [4.69, 9.17) is 17.0 Å². The highest BCUT2D eigenvalue weighted by Crippen LogP contribution is 2.30. The number of carbonyl (C=O) groups excluding carboxylic acids is 3. The van der Waals surface area contributed by atoms with Crippen molar-refractivity contribution in [1.29, 1.82) is 0 Å². The first-order chi connectivity index (χ1) is 13.0. The summed E-state index contributed by atoms with van der Waals surface area (Å²) < 4.78 is 8.73. The zero-order chi connectivity index (χ0) is 19.1. The summed E-state index contributed by atoms with van der Waals surface area (Å²) in [6.45, 7) is 1.49. The molecule has 3 aromatic rings. The minimum atomic E-state index is -0.927. The standard InChI is InChI=1S/C19H14N2O4S2/c1-11(21-13-7-3-2-6-12(13)16(22)17(21)23)18(24)25-10-20-14-8-4-5-9-15(14)27-19(20)26/h2-9,11H,10H2,1H3. The molecule has 0 radical (unpaired) electrons. The number of benzene rings is 2. The van der Waals surface area contributed by atoms with Crippen molar-refractivity contribution >= 4 is 57.1 Å². The van der Waals surface area contributed by atoms with Crippen LogP contribution in [0.15, 0.2) is 48.5 Å². The first-order valence-corrected chi connectivity index (χ1v) is 9.43. The maximum absolute atomic E-state index is 12.6. The number of amides is 1. The van der Waals surface area contributed by atoms with Gasteiger partial charge in [0.2, 0.25) is 0 Å². The van der Waals surface area contributed by atoms with E-state index in [9.17, 15) is 14.4 Å². The van der Waals surface area contributed by atoms with E-state index in [1.807, 2.05) is 24.3 Å². The average molecular weight is 398 g/mol. The highest BCUT2D eigenvalue weighted by Gasteiger charge is 2.41. The summed E-state index contributed by atoms with van der Waals surface area (Å²) in [6, 6.07) is 13.3. The second-order valence-corrected chi connectivity index (χ2v) is 7.73. The molecule has 0 spiro atoms. The van der Waals surface area contributed by atoms with Crippen LogP contribution >= 0.6 is 23.6 Å². The van der Waals surface area contributed by atoms with Crippen molar-refractivity contribution in [2.24, 2.45) is 0 Å². The van der Waals surface area contributed by atoms with Gasteiger partial charge < -0.3 is 4.74 Å². The van der Waals surface area contributed by atoms with Crippen LogP contribution in [0.5, 0.6) is 0 Å². The third kappa shape index (κ3) is 2.87. The second kappa shape index (κ2) is 6.71. The molecule has 1 aliphatic rings. The average Bonchev–Trinajstić information content (AvgIpc) is 3.13. The number of carbonyl (C=O) groups is 3. The summed E-state index contributed by atoms with van der Waals surface area (Å²) in [5.74, 6) is -1.94. The van der Waals surface area contributed by atoms with Gasteiger partial charge in [0, 0.05) is 0 Å². The lowest BCUT2D eigenvalue weighted by atomic mass is 10.1. The number of esters is 1. The van der Waals surface area contributed by atoms with Crippen molar-refractivity contribution < 1.29 is 19.1 Å². The number of fused-ring (bicyclic) bond motifs is 2. The number of thiazole rings is 1. The Labute approximate surface area is 163 Å². The van der Waals surface area contributed by atoms with Gasteiger partial charge in [0.15, 0.2) is 10.7 Å². The summed E-state index contributed by atoms with van der Waals surface area (Å²) in [4.78, 5) is 38.2. The highest BCUT2D eigenvalue weighted by molar-refractivity contribution is 7.73. The van der Waals surface area contributed by atoms with Gasteiger partial charge in [0.05, 0.1) is 21.5 Å². The van der Waals surface area contributed by atoms with Gasteiger partial charge in [0.25, 0.3) is 11.7 Å². The number of hydrogen-bond acceptors (Lipinski definition) is 6. The molecule has 1 atom stereocenters. The monoisotopic (exact) mass is 398 g/mol. The van der Waals surface area contributed by atoms with Gasteiger partial charge in [-0.2, -0.15) is 0 Å². The number of nitrogens with zero attached hydrogens (tertiary/aromatic N) is 2. The van der Waals surface area contributed by atoms with E-state index in [0.717, 1.165) is 10.2 Å². The third-order valence-electron chi connectivity index (χ3n) is 4.46. The summed E-state index contributed by atoms with van der Waals surface area (Å²) in [5, 5.41) is 0. The van der Waals surface area contributed by atoms with Crippen molar-refractivity contribution in [1.82, 2.24) is 4.57 Å². The molecule has 136 valence electrons. The van der Waals surface area contributed by atoms with Crippen LogP contribution in [0.25, 0.3) is 10.2 Å². The Morgan fingerprint density at radius 3 is 2.67 bits per heavy atom. The highest BCUT2D eigenvalue weighted by atomic mass is 32.1. The van der Waals surface area contributed by atoms with Crippen molar-refractivity contribution in [2.75, 3.05) is 4.90 Å². The Hall–Kier alpha value is -2.84. The summed E-state index contributed by atoms with van der Waals surface area (Å²) in [7, 11) is 0. The lowest BCUT2D eigenvalue weighted by molar-refractivity contribution is -0.149. The van der Waals surface area contributed by atoms with Crippen LogP contribution in [-0.2, 0) is 21.1 Å². The number of rotatable bonds is 4. The topological polar surface area (TPSA) is 68.6 Å². The van der Waals surface area contributed by atoms with Gasteiger partial charge >= 0.3 is 5.97 Å². The molecule has 1 unspecified atom stereocenters. The van der Waals surface area contributed by atoms with Crippen molar-refractivity contribution in [3.63, 3.8) is 0 Å². The molecule has 6 nitrogen and oxygen atoms in total. The fourth-order valence-corrected chi connectivity index (χ4v) is 4.38. The Morgan fingerprint density at radius 2 is 1.85 bits per heavy atom. The van der Waals surface area contributed by atoms with Gasteiger partial charge in [-0.3, -0.25) is 19.1 Å². The van der Waals surface area contributed by atoms with Crippen molar-refractivity contribution in [3.05, 3.63) is 58.0 Å². The van der Waals surface area contributed by atoms with E-state index >= 15 is 0 Å². The molecule has 0 N–H and O–H groups in total. The number of Topliss-reactive ketones (excluding diaryl/α,β-unsaturated/α-hetero) is 1. The van der Waals surface area contributed by atoms with Gasteiger partial charge in [-0.25, -0.2) is 4.79 Å². The molecule has 8 heteroatoms. The molecule has 2 heterocycles. The molecular weight excluding hydrogens is 384 g/mol. The Morgan fingerprint density at radius 1 is 1.15 bits per heavy atom. The van der Waals surface area contributed by atoms with Crippen molar-refractivity contribution in [2.45, 2.75) is 19.7 Å². The van der Waals surface area contributed by atoms with Crippen LogP contribution < -0.4 is 4.90 Å². The predicted molar refractivity (Wildman–Crippen MR) is 104 cm³/mol. The molecule has 1 aliphatic heterocycles. The molecule has 0 saturated heterocycles. The van der Waals surface area contributed by atoms with Gasteiger partial charge in [0.1, 0.15) is 6.04 Å². The first-order valence-electron chi connectivity index (χ1n) is 8.21. The lowest BCUT2D eigenvalue weighted by Gasteiger charge is -2.23. The van der Waals surface area contributed by atoms with E-state index in [2.05, 4.69) is 0 Å². The Balaban J connectivity index is 1.55. The van der Waals surface area contributed by atoms with E-state index in [1.165, 1.54) is 16.2 Å². The molecule has 1 amide bonds. The zero-order valence-electron chi connectivity index (χ0n) is 14.2. The van der Waals surface area contributed by atoms with E-state index < -0.39 is 23.7 Å². The molecule has 0 fully saturated rings. The molecule has 0 saturated carbocycles. The Kier molecular flexibility index (Phi) is 4.37.